The largest absolute Gasteiger partial charge is 0.462 e. The number of carbonyl (C=O) groups excluding carboxylic acids is 2. The molecule has 5 rings (SSSR count). The Kier molecular flexibility index (Phi) is 8.95. The van der Waals surface area contributed by atoms with Crippen LogP contribution >= 0.6 is 0 Å². The summed E-state index contributed by atoms with van der Waals surface area (Å²) in [6.45, 7) is 10.9. The first-order chi connectivity index (χ1) is 19.6. The van der Waals surface area contributed by atoms with Gasteiger partial charge in [-0.25, -0.2) is 0 Å². The highest BCUT2D eigenvalue weighted by atomic mass is 16.7. The van der Waals surface area contributed by atoms with Gasteiger partial charge >= 0.3 is 5.97 Å². The first-order valence-corrected chi connectivity index (χ1v) is 15.3. The molecule has 5 aliphatic rings. The second-order valence-electron chi connectivity index (χ2n) is 12.9. The van der Waals surface area contributed by atoms with Crippen molar-refractivity contribution in [3.05, 3.63) is 47.1 Å². The molecule has 0 radical (unpaired) electrons. The van der Waals surface area contributed by atoms with Crippen LogP contribution in [0.2, 0.25) is 0 Å². The van der Waals surface area contributed by atoms with E-state index >= 15 is 0 Å². The zero-order valence-electron chi connectivity index (χ0n) is 25.0. The molecule has 1 aliphatic carbocycles. The van der Waals surface area contributed by atoms with Gasteiger partial charge in [0.1, 0.15) is 23.7 Å². The van der Waals surface area contributed by atoms with Gasteiger partial charge in [0.05, 0.1) is 18.8 Å². The lowest BCUT2D eigenvalue weighted by Crippen LogP contribution is -2.58. The normalized spacial score (nSPS) is 46.7. The summed E-state index contributed by atoms with van der Waals surface area (Å²) in [5, 5.41) is 12.2. The first kappa shape index (κ1) is 30.2. The lowest BCUT2D eigenvalue weighted by molar-refractivity contribution is -0.335. The molecule has 41 heavy (non-hydrogen) atoms. The number of hydrogen-bond acceptors (Lipinski definition) is 8. The van der Waals surface area contributed by atoms with Crippen molar-refractivity contribution >= 4 is 12.4 Å². The van der Waals surface area contributed by atoms with Crippen molar-refractivity contribution in [1.82, 2.24) is 0 Å². The van der Waals surface area contributed by atoms with Gasteiger partial charge in [0.25, 0.3) is 6.47 Å². The van der Waals surface area contributed by atoms with Crippen LogP contribution in [-0.4, -0.2) is 66.1 Å². The Labute approximate surface area is 243 Å². The highest BCUT2D eigenvalue weighted by Crippen LogP contribution is 2.48. The fourth-order valence-electron chi connectivity index (χ4n) is 7.45. The van der Waals surface area contributed by atoms with Gasteiger partial charge in [-0.1, -0.05) is 56.7 Å². The topological polar surface area (TPSA) is 101 Å². The number of carbonyl (C=O) groups is 2. The minimum Gasteiger partial charge on any atom is -0.462 e. The van der Waals surface area contributed by atoms with Gasteiger partial charge in [0, 0.05) is 19.3 Å². The van der Waals surface area contributed by atoms with E-state index in [1.165, 1.54) is 5.57 Å². The minimum atomic E-state index is -1.71. The maximum atomic E-state index is 14.0. The summed E-state index contributed by atoms with van der Waals surface area (Å²) in [4.78, 5) is 25.3. The van der Waals surface area contributed by atoms with Crippen LogP contribution in [0.25, 0.3) is 0 Å². The van der Waals surface area contributed by atoms with Crippen LogP contribution in [0, 0.1) is 17.8 Å². The van der Waals surface area contributed by atoms with E-state index in [4.69, 9.17) is 23.7 Å². The molecule has 226 valence electrons. The van der Waals surface area contributed by atoms with Crippen molar-refractivity contribution in [1.29, 1.82) is 0 Å². The van der Waals surface area contributed by atoms with Crippen LogP contribution in [0.4, 0.5) is 0 Å². The zero-order valence-corrected chi connectivity index (χ0v) is 25.0. The van der Waals surface area contributed by atoms with Gasteiger partial charge in [-0.15, -0.1) is 0 Å². The molecular weight excluding hydrogens is 524 g/mol. The molecule has 3 saturated heterocycles. The van der Waals surface area contributed by atoms with E-state index in [1.54, 1.807) is 13.0 Å². The monoisotopic (exact) mass is 570 g/mol. The number of fused-ring (bicyclic) bond motifs is 2. The molecular formula is C33H46O8. The van der Waals surface area contributed by atoms with Crippen molar-refractivity contribution in [2.75, 3.05) is 6.61 Å². The summed E-state index contributed by atoms with van der Waals surface area (Å²) in [7, 11) is 0. The number of hydrogen-bond donors (Lipinski definition) is 1. The van der Waals surface area contributed by atoms with E-state index < -0.39 is 41.6 Å². The summed E-state index contributed by atoms with van der Waals surface area (Å²) in [5.41, 5.74) is 0.767. The van der Waals surface area contributed by atoms with Gasteiger partial charge < -0.3 is 28.8 Å². The van der Waals surface area contributed by atoms with Crippen LogP contribution in [0.1, 0.15) is 79.6 Å². The van der Waals surface area contributed by atoms with Crippen LogP contribution in [0.15, 0.2) is 47.1 Å². The van der Waals surface area contributed by atoms with E-state index in [0.717, 1.165) is 25.7 Å². The molecule has 8 nitrogen and oxygen atoms in total. The van der Waals surface area contributed by atoms with Gasteiger partial charge in [-0.3, -0.25) is 9.59 Å². The average Bonchev–Trinajstić information content (AvgIpc) is 3.26. The lowest BCUT2D eigenvalue weighted by atomic mass is 9.70. The number of aliphatic hydroxyl groups is 1. The lowest BCUT2D eigenvalue weighted by Gasteiger charge is -2.50. The zero-order chi connectivity index (χ0) is 29.4. The molecule has 8 heteroatoms. The summed E-state index contributed by atoms with van der Waals surface area (Å²) >= 11 is 0. The quantitative estimate of drug-likeness (QED) is 0.284. The third kappa shape index (κ3) is 5.99. The second kappa shape index (κ2) is 12.2. The fourth-order valence-corrected chi connectivity index (χ4v) is 7.45. The predicted molar refractivity (Wildman–Crippen MR) is 153 cm³/mol. The molecule has 0 aromatic carbocycles. The first-order valence-electron chi connectivity index (χ1n) is 15.3. The van der Waals surface area contributed by atoms with E-state index in [2.05, 4.69) is 39.8 Å². The maximum absolute atomic E-state index is 14.0. The molecule has 1 N–H and O–H groups in total. The van der Waals surface area contributed by atoms with Crippen molar-refractivity contribution in [3.63, 3.8) is 0 Å². The summed E-state index contributed by atoms with van der Waals surface area (Å²) < 4.78 is 31.0. The number of rotatable bonds is 3. The SMILES string of the molecule is CC[C@H]1O[C@]2(CC[C@@H]1C)C[C@@H]1C[C@@H](C/C=C(\C)C[C@@H](C)/C=C/C=C3\CO[C@@H]4[C@@H](OC=O)C(C)=C[C@@H](C(=O)O1)[C@]34O)O2. The van der Waals surface area contributed by atoms with Gasteiger partial charge in [-0.2, -0.15) is 0 Å². The highest BCUT2D eigenvalue weighted by Gasteiger charge is 2.61. The Morgan fingerprint density at radius 2 is 2.00 bits per heavy atom. The average molecular weight is 571 g/mol. The molecule has 2 bridgehead atoms. The number of esters is 1. The molecule has 4 heterocycles. The van der Waals surface area contributed by atoms with Crippen LogP contribution < -0.4 is 0 Å². The second-order valence-corrected chi connectivity index (χ2v) is 12.9. The van der Waals surface area contributed by atoms with Gasteiger partial charge in [0.2, 0.25) is 0 Å². The van der Waals surface area contributed by atoms with Crippen LogP contribution in [-0.2, 0) is 33.3 Å². The Hall–Kier alpha value is -2.26. The predicted octanol–water partition coefficient (Wildman–Crippen LogP) is 5.11. The molecule has 0 aromatic heterocycles. The van der Waals surface area contributed by atoms with Crippen molar-refractivity contribution in [2.45, 2.75) is 121 Å². The third-order valence-corrected chi connectivity index (χ3v) is 9.67. The van der Waals surface area contributed by atoms with Crippen LogP contribution in [0.3, 0.4) is 0 Å². The number of allylic oxidation sites excluding steroid dienone is 4. The molecule has 10 atom stereocenters. The molecule has 3 fully saturated rings. The molecule has 1 spiro atoms. The maximum Gasteiger partial charge on any atom is 0.316 e. The molecule has 0 unspecified atom stereocenters. The Bertz CT molecular complexity index is 1120. The molecule has 0 saturated carbocycles. The summed E-state index contributed by atoms with van der Waals surface area (Å²) in [6, 6.07) is 0. The van der Waals surface area contributed by atoms with Gasteiger partial charge in [-0.05, 0) is 62.5 Å². The van der Waals surface area contributed by atoms with Crippen molar-refractivity contribution < 1.29 is 38.4 Å². The molecule has 0 amide bonds. The molecule has 4 aliphatic heterocycles. The minimum absolute atomic E-state index is 0.0881. The standard InChI is InChI=1S/C33H46O8/c1-6-28-22(4)12-13-32(41-28)17-26-16-25(40-32)11-10-21(3)14-20(2)8-7-9-24-18-37-30-29(38-19-34)23(5)15-27(31(35)39-26)33(24,30)36/h7-10,15,19-20,22,25-30,36H,6,11-14,16-18H2,1-5H3/b8-7+,21-10+,24-9+/t20-,22-,25+,26-,27-,28+,29-,30+,32+,33+/m0/s1. The van der Waals surface area contributed by atoms with Crippen LogP contribution in [0.5, 0.6) is 0 Å². The third-order valence-electron chi connectivity index (χ3n) is 9.67. The van der Waals surface area contributed by atoms with E-state index in [1.807, 2.05) is 12.2 Å². The van der Waals surface area contributed by atoms with Crippen molar-refractivity contribution in [2.24, 2.45) is 17.8 Å². The Morgan fingerprint density at radius 1 is 1.20 bits per heavy atom. The van der Waals surface area contributed by atoms with Crippen molar-refractivity contribution in [3.8, 4) is 0 Å². The van der Waals surface area contributed by atoms with E-state index in [-0.39, 0.29) is 24.7 Å². The smallest absolute Gasteiger partial charge is 0.316 e. The van der Waals surface area contributed by atoms with Gasteiger partial charge in [0.15, 0.2) is 11.9 Å². The van der Waals surface area contributed by atoms with E-state index in [0.29, 0.717) is 42.8 Å². The summed E-state index contributed by atoms with van der Waals surface area (Å²) in [6.07, 6.45) is 12.8. The molecule has 0 aromatic rings. The van der Waals surface area contributed by atoms with E-state index in [9.17, 15) is 14.7 Å². The Balaban J connectivity index is 1.52. The number of ether oxygens (including phenoxy) is 5. The summed E-state index contributed by atoms with van der Waals surface area (Å²) in [5.74, 6) is -1.63. The highest BCUT2D eigenvalue weighted by molar-refractivity contribution is 5.78. The fraction of sp³-hybridized carbons (Fsp3) is 0.697. The Morgan fingerprint density at radius 3 is 2.76 bits per heavy atom.